The van der Waals surface area contributed by atoms with Crippen LogP contribution in [-0.4, -0.2) is 35.4 Å². The summed E-state index contributed by atoms with van der Waals surface area (Å²) in [6, 6.07) is 3.85. The zero-order chi connectivity index (χ0) is 15.0. The van der Waals surface area contributed by atoms with Gasteiger partial charge in [-0.3, -0.25) is 0 Å². The number of nitrogens with zero attached hydrogens (tertiary/aromatic N) is 3. The first-order chi connectivity index (χ1) is 9.98. The molecular weight excluding hydrogens is 273 g/mol. The number of aromatic nitrogens is 2. The van der Waals surface area contributed by atoms with Crippen LogP contribution in [0.1, 0.15) is 19.5 Å². The Hall–Kier alpha value is -2.24. The maximum absolute atomic E-state index is 12.4. The molecule has 0 N–H and O–H groups in total. The van der Waals surface area contributed by atoms with E-state index in [0.717, 1.165) is 11.3 Å². The van der Waals surface area contributed by atoms with Gasteiger partial charge in [-0.25, -0.2) is 9.37 Å². The Morgan fingerprint density at radius 1 is 1.43 bits per heavy atom. The largest absolute Gasteiger partial charge is 0.457 e. The van der Waals surface area contributed by atoms with Crippen LogP contribution in [0.2, 0.25) is 0 Å². The molecule has 0 radical (unpaired) electrons. The van der Waals surface area contributed by atoms with Crippen molar-refractivity contribution in [1.82, 2.24) is 9.38 Å². The van der Waals surface area contributed by atoms with Crippen LogP contribution in [0.15, 0.2) is 30.8 Å². The van der Waals surface area contributed by atoms with Gasteiger partial charge in [0, 0.05) is 51.6 Å². The molecule has 0 bridgehead atoms. The molecule has 21 heavy (non-hydrogen) atoms. The van der Waals surface area contributed by atoms with Gasteiger partial charge >= 0.3 is 0 Å². The molecule has 3 rings (SSSR count). The van der Waals surface area contributed by atoms with Crippen molar-refractivity contribution >= 4 is 17.1 Å². The molecule has 1 aliphatic rings. The summed E-state index contributed by atoms with van der Waals surface area (Å²) in [7, 11) is 1.86. The van der Waals surface area contributed by atoms with Gasteiger partial charge in [0.25, 0.3) is 0 Å². The monoisotopic (exact) mass is 291 g/mol. The van der Waals surface area contributed by atoms with Crippen molar-refractivity contribution in [2.45, 2.75) is 19.6 Å². The second-order valence-corrected chi connectivity index (χ2v) is 5.49. The maximum atomic E-state index is 12.4. The molecule has 0 saturated carbocycles. The van der Waals surface area contributed by atoms with Crippen molar-refractivity contribution in [3.63, 3.8) is 0 Å². The van der Waals surface area contributed by atoms with Gasteiger partial charge in [-0.1, -0.05) is 0 Å². The van der Waals surface area contributed by atoms with E-state index in [1.165, 1.54) is 0 Å². The Morgan fingerprint density at radius 2 is 2.24 bits per heavy atom. The molecule has 5 nitrogen and oxygen atoms in total. The third kappa shape index (κ3) is 2.66. The molecule has 112 valence electrons. The van der Waals surface area contributed by atoms with E-state index in [2.05, 4.69) is 4.98 Å². The topological polar surface area (TPSA) is 39.0 Å². The lowest BCUT2D eigenvalue weighted by Gasteiger charge is -2.17. The fourth-order valence-corrected chi connectivity index (χ4v) is 2.20. The van der Waals surface area contributed by atoms with Crippen molar-refractivity contribution < 1.29 is 13.9 Å². The van der Waals surface area contributed by atoms with Crippen LogP contribution in [0.25, 0.3) is 11.4 Å². The van der Waals surface area contributed by atoms with E-state index >= 15 is 0 Å². The van der Waals surface area contributed by atoms with E-state index in [4.69, 9.17) is 9.47 Å². The van der Waals surface area contributed by atoms with E-state index in [1.807, 2.05) is 54.7 Å². The van der Waals surface area contributed by atoms with Crippen molar-refractivity contribution in [2.24, 2.45) is 0 Å². The lowest BCUT2D eigenvalue weighted by atomic mass is 10.3. The summed E-state index contributed by atoms with van der Waals surface area (Å²) in [5, 5.41) is 0. The number of hydrogen-bond acceptors (Lipinski definition) is 4. The minimum atomic E-state index is -0.655. The van der Waals surface area contributed by atoms with Crippen molar-refractivity contribution in [3.05, 3.63) is 36.5 Å². The van der Waals surface area contributed by atoms with Crippen LogP contribution in [0, 0.1) is 0 Å². The molecule has 0 spiro atoms. The summed E-state index contributed by atoms with van der Waals surface area (Å²) in [6.45, 7) is 3.67. The third-order valence-electron chi connectivity index (χ3n) is 3.36. The molecule has 0 saturated heterocycles. The highest BCUT2D eigenvalue weighted by molar-refractivity contribution is 5.63. The maximum Gasteiger partial charge on any atom is 0.245 e. The molecule has 2 aromatic heterocycles. The Bertz CT molecular complexity index is 693. The van der Waals surface area contributed by atoms with Gasteiger partial charge in [-0.2, -0.15) is 0 Å². The zero-order valence-electron chi connectivity index (χ0n) is 12.3. The Balaban J connectivity index is 1.90. The van der Waals surface area contributed by atoms with Crippen LogP contribution in [-0.2, 0) is 9.47 Å². The Kier molecular flexibility index (Phi) is 3.23. The molecule has 0 atom stereocenters. The highest BCUT2D eigenvalue weighted by atomic mass is 19.1. The highest BCUT2D eigenvalue weighted by Gasteiger charge is 2.29. The van der Waals surface area contributed by atoms with E-state index in [0.29, 0.717) is 18.0 Å². The molecular formula is C15H18FN3O2. The summed E-state index contributed by atoms with van der Waals surface area (Å²) in [6.07, 6.45) is 5.36. The van der Waals surface area contributed by atoms with Gasteiger partial charge in [-0.05, 0) is 6.07 Å². The highest BCUT2D eigenvalue weighted by Crippen LogP contribution is 2.30. The molecule has 3 heterocycles. The Morgan fingerprint density at radius 3 is 2.90 bits per heavy atom. The van der Waals surface area contributed by atoms with E-state index in [9.17, 15) is 4.39 Å². The van der Waals surface area contributed by atoms with Gasteiger partial charge in [0.15, 0.2) is 5.76 Å². The van der Waals surface area contributed by atoms with Crippen LogP contribution < -0.4 is 4.90 Å². The molecule has 0 aliphatic carbocycles. The minimum Gasteiger partial charge on any atom is -0.457 e. The summed E-state index contributed by atoms with van der Waals surface area (Å²) in [4.78, 5) is 6.39. The second kappa shape index (κ2) is 4.95. The first-order valence-corrected chi connectivity index (χ1v) is 6.82. The fourth-order valence-electron chi connectivity index (χ4n) is 2.20. The zero-order valence-corrected chi connectivity index (χ0v) is 12.3. The van der Waals surface area contributed by atoms with Crippen molar-refractivity contribution in [1.29, 1.82) is 0 Å². The van der Waals surface area contributed by atoms with Gasteiger partial charge in [-0.15, -0.1) is 0 Å². The summed E-state index contributed by atoms with van der Waals surface area (Å²) >= 11 is 0. The number of alkyl halides is 1. The third-order valence-corrected chi connectivity index (χ3v) is 3.36. The normalized spacial score (nSPS) is 16.5. The summed E-state index contributed by atoms with van der Waals surface area (Å²) in [5.41, 5.74) is 2.42. The number of rotatable bonds is 4. The van der Waals surface area contributed by atoms with Crippen molar-refractivity contribution in [3.8, 4) is 0 Å². The number of pyridine rings is 1. The smallest absolute Gasteiger partial charge is 0.245 e. The summed E-state index contributed by atoms with van der Waals surface area (Å²) < 4.78 is 25.4. The standard InChI is InChI=1S/C15H18FN3O2/c1-15(2)20-10-13(21-15)12-9-19-6-4-11(8-14(19)17-12)18(3)7-5-16/h4,6,8-10H,5,7H2,1-3H3. The first-order valence-electron chi connectivity index (χ1n) is 6.82. The first kappa shape index (κ1) is 13.7. The quantitative estimate of drug-likeness (QED) is 0.868. The Labute approximate surface area is 122 Å². The number of anilines is 1. The number of halogens is 1. The minimum absolute atomic E-state index is 0.361. The molecule has 1 aliphatic heterocycles. The SMILES string of the molecule is CN(CCF)c1ccn2cc(C3=COC(C)(C)O3)nc2c1. The lowest BCUT2D eigenvalue weighted by Crippen LogP contribution is -2.19. The van der Waals surface area contributed by atoms with E-state index in [-0.39, 0.29) is 6.67 Å². The molecule has 2 aromatic rings. The predicted octanol–water partition coefficient (Wildman–Crippen LogP) is 2.82. The lowest BCUT2D eigenvalue weighted by molar-refractivity contribution is -0.102. The molecule has 6 heteroatoms. The van der Waals surface area contributed by atoms with Crippen LogP contribution in [0.3, 0.4) is 0 Å². The van der Waals surface area contributed by atoms with Gasteiger partial charge < -0.3 is 18.8 Å². The predicted molar refractivity (Wildman–Crippen MR) is 78.7 cm³/mol. The van der Waals surface area contributed by atoms with Gasteiger partial charge in [0.1, 0.15) is 24.3 Å². The van der Waals surface area contributed by atoms with Crippen molar-refractivity contribution in [2.75, 3.05) is 25.2 Å². The van der Waals surface area contributed by atoms with Crippen LogP contribution >= 0.6 is 0 Å². The second-order valence-electron chi connectivity index (χ2n) is 5.49. The van der Waals surface area contributed by atoms with Gasteiger partial charge in [0.05, 0.1) is 0 Å². The average molecular weight is 291 g/mol. The molecule has 0 fully saturated rings. The van der Waals surface area contributed by atoms with E-state index < -0.39 is 5.79 Å². The van der Waals surface area contributed by atoms with Crippen LogP contribution in [0.4, 0.5) is 10.1 Å². The number of hydrogen-bond donors (Lipinski definition) is 0. The average Bonchev–Trinajstić information content (AvgIpc) is 3.00. The van der Waals surface area contributed by atoms with Crippen LogP contribution in [0.5, 0.6) is 0 Å². The van der Waals surface area contributed by atoms with Gasteiger partial charge in [0.2, 0.25) is 5.79 Å². The molecule has 0 amide bonds. The fraction of sp³-hybridized carbons (Fsp3) is 0.400. The number of ether oxygens (including phenoxy) is 2. The molecule has 0 aromatic carbocycles. The molecule has 0 unspecified atom stereocenters. The summed E-state index contributed by atoms with van der Waals surface area (Å²) in [5.74, 6) is -0.0418. The van der Waals surface area contributed by atoms with E-state index in [1.54, 1.807) is 6.26 Å². The number of imidazole rings is 1. The number of fused-ring (bicyclic) bond motifs is 1.